The summed E-state index contributed by atoms with van der Waals surface area (Å²) in [5.41, 5.74) is 14.1. The number of nitrogens with two attached hydrogens (primary N) is 1. The van der Waals surface area contributed by atoms with Crippen LogP contribution in [0.5, 0.6) is 0 Å². The number of imidazole rings is 1. The molecule has 7 rings (SSSR count). The fourth-order valence-electron chi connectivity index (χ4n) is 5.01. The maximum absolute atomic E-state index is 6.33. The predicted octanol–water partition coefficient (Wildman–Crippen LogP) is 4.62. The first-order valence-electron chi connectivity index (χ1n) is 11.5. The van der Waals surface area contributed by atoms with Crippen molar-refractivity contribution in [1.82, 2.24) is 29.3 Å². The van der Waals surface area contributed by atoms with E-state index >= 15 is 0 Å². The van der Waals surface area contributed by atoms with Crippen LogP contribution in [0.2, 0.25) is 0 Å². The zero-order chi connectivity index (χ0) is 21.9. The fourth-order valence-corrected chi connectivity index (χ4v) is 5.01. The monoisotopic (exact) mass is 433 g/mol. The van der Waals surface area contributed by atoms with Crippen LogP contribution in [-0.4, -0.2) is 29.3 Å². The Morgan fingerprint density at radius 2 is 1.85 bits per heavy atom. The van der Waals surface area contributed by atoms with Crippen molar-refractivity contribution >= 4 is 17.0 Å². The third-order valence-corrected chi connectivity index (χ3v) is 6.81. The van der Waals surface area contributed by atoms with Gasteiger partial charge >= 0.3 is 0 Å². The van der Waals surface area contributed by atoms with E-state index in [0.29, 0.717) is 11.7 Å². The van der Waals surface area contributed by atoms with Crippen LogP contribution in [0.15, 0.2) is 61.1 Å². The molecule has 33 heavy (non-hydrogen) atoms. The Bertz CT molecular complexity index is 1510. The van der Waals surface area contributed by atoms with E-state index in [-0.39, 0.29) is 0 Å². The van der Waals surface area contributed by atoms with Gasteiger partial charge in [0.25, 0.3) is 0 Å². The third kappa shape index (κ3) is 2.96. The first kappa shape index (κ1) is 18.6. The molecule has 0 atom stereocenters. The third-order valence-electron chi connectivity index (χ3n) is 6.81. The SMILES string of the molecule is Nc1ncccc1-c1nc2c(C3CC3)cc(-n3cccn3)nc2n1-c1ccc2c(c1)CCC2. The molecule has 0 unspecified atom stereocenters. The molecule has 0 bridgehead atoms. The standard InChI is InChI=1S/C26H23N7/c27-24-20(6-2-11-28-24)25-31-23-21(17-7-8-17)15-22(32-13-3-12-29-32)30-26(23)33(25)19-10-9-16-4-1-5-18(16)14-19/h2-3,6,9-15,17H,1,4-5,7-8H2,(H2,27,28). The first-order chi connectivity index (χ1) is 16.3. The summed E-state index contributed by atoms with van der Waals surface area (Å²) in [4.78, 5) is 14.6. The number of benzene rings is 1. The Hall–Kier alpha value is -4.00. The van der Waals surface area contributed by atoms with Crippen LogP contribution in [0, 0.1) is 0 Å². The Balaban J connectivity index is 1.57. The molecule has 1 aromatic carbocycles. The van der Waals surface area contributed by atoms with Gasteiger partial charge in [-0.05, 0) is 91.1 Å². The topological polar surface area (TPSA) is 87.4 Å². The van der Waals surface area contributed by atoms with E-state index in [4.69, 9.17) is 15.7 Å². The van der Waals surface area contributed by atoms with Crippen LogP contribution in [0.1, 0.15) is 41.9 Å². The van der Waals surface area contributed by atoms with Crippen LogP contribution in [0.3, 0.4) is 0 Å². The Morgan fingerprint density at radius 1 is 0.939 bits per heavy atom. The van der Waals surface area contributed by atoms with Crippen LogP contribution in [-0.2, 0) is 12.8 Å². The lowest BCUT2D eigenvalue weighted by Crippen LogP contribution is -2.05. The molecule has 7 heteroatoms. The van der Waals surface area contributed by atoms with Crippen molar-refractivity contribution in [2.45, 2.75) is 38.0 Å². The normalized spacial score (nSPS) is 15.3. The van der Waals surface area contributed by atoms with E-state index in [1.807, 2.05) is 29.1 Å². The van der Waals surface area contributed by atoms with Gasteiger partial charge in [0, 0.05) is 24.3 Å². The zero-order valence-electron chi connectivity index (χ0n) is 18.1. The maximum Gasteiger partial charge on any atom is 0.167 e. The van der Waals surface area contributed by atoms with Gasteiger partial charge in [0.2, 0.25) is 0 Å². The highest BCUT2D eigenvalue weighted by atomic mass is 15.3. The highest BCUT2D eigenvalue weighted by Gasteiger charge is 2.30. The molecule has 4 aromatic heterocycles. The largest absolute Gasteiger partial charge is 0.383 e. The number of nitrogen functional groups attached to an aromatic ring is 1. The van der Waals surface area contributed by atoms with Crippen molar-refractivity contribution in [2.75, 3.05) is 5.73 Å². The van der Waals surface area contributed by atoms with Crippen molar-refractivity contribution < 1.29 is 0 Å². The van der Waals surface area contributed by atoms with Gasteiger partial charge < -0.3 is 5.73 Å². The average molecular weight is 434 g/mol. The molecule has 2 aliphatic rings. The zero-order valence-corrected chi connectivity index (χ0v) is 18.1. The molecule has 5 aromatic rings. The maximum atomic E-state index is 6.33. The van der Waals surface area contributed by atoms with Gasteiger partial charge in [0.1, 0.15) is 11.3 Å². The van der Waals surface area contributed by atoms with E-state index in [9.17, 15) is 0 Å². The quantitative estimate of drug-likeness (QED) is 0.447. The molecular formula is C26H23N7. The van der Waals surface area contributed by atoms with Gasteiger partial charge in [-0.1, -0.05) is 6.07 Å². The lowest BCUT2D eigenvalue weighted by Gasteiger charge is -2.12. The number of aromatic nitrogens is 6. The van der Waals surface area contributed by atoms with Crippen LogP contribution in [0.4, 0.5) is 5.82 Å². The van der Waals surface area contributed by atoms with E-state index < -0.39 is 0 Å². The molecule has 2 N–H and O–H groups in total. The minimum absolute atomic E-state index is 0.468. The molecule has 2 aliphatic carbocycles. The lowest BCUT2D eigenvalue weighted by molar-refractivity contribution is 0.845. The molecule has 0 saturated heterocycles. The number of hydrogen-bond donors (Lipinski definition) is 1. The summed E-state index contributed by atoms with van der Waals surface area (Å²) in [6.07, 6.45) is 11.2. The number of pyridine rings is 2. The fraction of sp³-hybridized carbons (Fsp3) is 0.231. The van der Waals surface area contributed by atoms with Gasteiger partial charge in [-0.15, -0.1) is 0 Å². The second-order valence-corrected chi connectivity index (χ2v) is 8.98. The Kier molecular flexibility index (Phi) is 3.94. The summed E-state index contributed by atoms with van der Waals surface area (Å²) in [5.74, 6) is 2.56. The molecule has 1 fully saturated rings. The van der Waals surface area contributed by atoms with Crippen LogP contribution in [0.25, 0.3) is 34.1 Å². The van der Waals surface area contributed by atoms with Crippen molar-refractivity contribution in [1.29, 1.82) is 0 Å². The smallest absolute Gasteiger partial charge is 0.167 e. The number of nitrogens with zero attached hydrogens (tertiary/aromatic N) is 6. The summed E-state index contributed by atoms with van der Waals surface area (Å²) >= 11 is 0. The minimum atomic E-state index is 0.468. The number of fused-ring (bicyclic) bond motifs is 2. The average Bonchev–Trinajstić information content (AvgIpc) is 3.22. The number of aryl methyl sites for hydroxylation is 2. The molecule has 7 nitrogen and oxygen atoms in total. The first-order valence-corrected chi connectivity index (χ1v) is 11.5. The highest BCUT2D eigenvalue weighted by molar-refractivity contribution is 5.86. The summed E-state index contributed by atoms with van der Waals surface area (Å²) in [7, 11) is 0. The Morgan fingerprint density at radius 3 is 2.67 bits per heavy atom. The van der Waals surface area contributed by atoms with E-state index in [1.165, 1.54) is 36.0 Å². The van der Waals surface area contributed by atoms with E-state index in [0.717, 1.165) is 46.9 Å². The minimum Gasteiger partial charge on any atom is -0.383 e. The van der Waals surface area contributed by atoms with Crippen LogP contribution < -0.4 is 5.73 Å². The van der Waals surface area contributed by atoms with Gasteiger partial charge in [-0.2, -0.15) is 5.10 Å². The van der Waals surface area contributed by atoms with E-state index in [1.54, 1.807) is 12.4 Å². The number of hydrogen-bond acceptors (Lipinski definition) is 5. The van der Waals surface area contributed by atoms with Gasteiger partial charge in [-0.3, -0.25) is 4.57 Å². The molecule has 0 aliphatic heterocycles. The lowest BCUT2D eigenvalue weighted by atomic mass is 10.1. The van der Waals surface area contributed by atoms with Crippen LogP contribution >= 0.6 is 0 Å². The van der Waals surface area contributed by atoms with Crippen molar-refractivity contribution in [3.63, 3.8) is 0 Å². The highest BCUT2D eigenvalue weighted by Crippen LogP contribution is 2.44. The summed E-state index contributed by atoms with van der Waals surface area (Å²) in [5, 5.41) is 4.44. The second-order valence-electron chi connectivity index (χ2n) is 8.98. The summed E-state index contributed by atoms with van der Waals surface area (Å²) in [6, 6.07) is 14.7. The van der Waals surface area contributed by atoms with Crippen molar-refractivity contribution in [2.24, 2.45) is 0 Å². The second kappa shape index (κ2) is 7.00. The number of anilines is 1. The van der Waals surface area contributed by atoms with Gasteiger partial charge in [0.15, 0.2) is 17.3 Å². The summed E-state index contributed by atoms with van der Waals surface area (Å²) < 4.78 is 3.98. The van der Waals surface area contributed by atoms with Crippen molar-refractivity contribution in [3.8, 4) is 22.9 Å². The molecule has 162 valence electrons. The van der Waals surface area contributed by atoms with E-state index in [2.05, 4.69) is 38.9 Å². The molecular weight excluding hydrogens is 410 g/mol. The van der Waals surface area contributed by atoms with Gasteiger partial charge in [-0.25, -0.2) is 19.6 Å². The predicted molar refractivity (Wildman–Crippen MR) is 128 cm³/mol. The van der Waals surface area contributed by atoms with Crippen molar-refractivity contribution in [3.05, 3.63) is 77.7 Å². The van der Waals surface area contributed by atoms with Gasteiger partial charge in [0.05, 0.1) is 5.56 Å². The molecule has 4 heterocycles. The Labute approximate surface area is 190 Å². The summed E-state index contributed by atoms with van der Waals surface area (Å²) in [6.45, 7) is 0. The molecule has 0 amide bonds. The number of rotatable bonds is 4. The molecule has 0 radical (unpaired) electrons. The molecule has 0 spiro atoms. The molecule has 1 saturated carbocycles.